The molecular formula is C18H25Cl2NO3. The maximum absolute atomic E-state index is 12.4. The van der Waals surface area contributed by atoms with Gasteiger partial charge in [0.25, 0.3) is 0 Å². The SMILES string of the molecule is CCCOC1(c2ccc(Cl)c(Cl)c2)CCN(C(=O)OC(C)(C)C)C1. The van der Waals surface area contributed by atoms with Crippen LogP contribution in [0.1, 0.15) is 46.1 Å². The highest BCUT2D eigenvalue weighted by atomic mass is 35.5. The third-order valence-corrected chi connectivity index (χ3v) is 4.65. The van der Waals surface area contributed by atoms with Gasteiger partial charge in [-0.2, -0.15) is 0 Å². The number of ether oxygens (including phenoxy) is 2. The molecule has 0 N–H and O–H groups in total. The second-order valence-corrected chi connectivity index (χ2v) is 7.94. The third kappa shape index (κ3) is 4.56. The van der Waals surface area contributed by atoms with Crippen LogP contribution in [0.15, 0.2) is 18.2 Å². The predicted octanol–water partition coefficient (Wildman–Crippen LogP) is 5.26. The van der Waals surface area contributed by atoms with E-state index in [2.05, 4.69) is 6.92 Å². The van der Waals surface area contributed by atoms with E-state index in [0.717, 1.165) is 12.0 Å². The van der Waals surface area contributed by atoms with Crippen LogP contribution in [0.25, 0.3) is 0 Å². The Morgan fingerprint density at radius 1 is 1.29 bits per heavy atom. The number of carbonyl (C=O) groups is 1. The van der Waals surface area contributed by atoms with Crippen LogP contribution in [0.5, 0.6) is 0 Å². The zero-order valence-electron chi connectivity index (χ0n) is 14.7. The Balaban J connectivity index is 2.23. The summed E-state index contributed by atoms with van der Waals surface area (Å²) in [6.45, 7) is 9.28. The smallest absolute Gasteiger partial charge is 0.410 e. The molecule has 134 valence electrons. The summed E-state index contributed by atoms with van der Waals surface area (Å²) in [6.07, 6.45) is 1.28. The summed E-state index contributed by atoms with van der Waals surface area (Å²) in [6, 6.07) is 5.52. The van der Waals surface area contributed by atoms with E-state index < -0.39 is 11.2 Å². The van der Waals surface area contributed by atoms with E-state index in [-0.39, 0.29) is 6.09 Å². The first kappa shape index (κ1) is 19.4. The summed E-state index contributed by atoms with van der Waals surface area (Å²) in [4.78, 5) is 14.1. The Morgan fingerprint density at radius 3 is 2.58 bits per heavy atom. The number of likely N-dealkylation sites (tertiary alicyclic amines) is 1. The average Bonchev–Trinajstić information content (AvgIpc) is 2.92. The molecule has 0 saturated carbocycles. The van der Waals surface area contributed by atoms with Crippen molar-refractivity contribution in [2.24, 2.45) is 0 Å². The van der Waals surface area contributed by atoms with E-state index in [4.69, 9.17) is 32.7 Å². The number of nitrogens with zero attached hydrogens (tertiary/aromatic N) is 1. The van der Waals surface area contributed by atoms with Crippen LogP contribution < -0.4 is 0 Å². The van der Waals surface area contributed by atoms with Gasteiger partial charge in [0.15, 0.2) is 0 Å². The molecule has 0 spiro atoms. The van der Waals surface area contributed by atoms with Gasteiger partial charge in [0.1, 0.15) is 11.2 Å². The van der Waals surface area contributed by atoms with E-state index >= 15 is 0 Å². The third-order valence-electron chi connectivity index (χ3n) is 3.91. The van der Waals surface area contributed by atoms with Crippen LogP contribution in [-0.4, -0.2) is 36.3 Å². The van der Waals surface area contributed by atoms with E-state index in [1.165, 1.54) is 0 Å². The molecule has 1 aliphatic rings. The number of carbonyl (C=O) groups excluding carboxylic acids is 1. The van der Waals surface area contributed by atoms with Crippen molar-refractivity contribution in [3.8, 4) is 0 Å². The predicted molar refractivity (Wildman–Crippen MR) is 96.8 cm³/mol. The second kappa shape index (κ2) is 7.51. The minimum Gasteiger partial charge on any atom is -0.444 e. The number of amides is 1. The van der Waals surface area contributed by atoms with Gasteiger partial charge in [0.05, 0.1) is 16.6 Å². The topological polar surface area (TPSA) is 38.8 Å². The normalized spacial score (nSPS) is 21.2. The van der Waals surface area contributed by atoms with Crippen molar-refractivity contribution in [1.29, 1.82) is 0 Å². The number of hydrogen-bond acceptors (Lipinski definition) is 3. The number of benzene rings is 1. The van der Waals surface area contributed by atoms with Crippen molar-refractivity contribution in [2.45, 2.75) is 51.7 Å². The molecule has 6 heteroatoms. The standard InChI is InChI=1S/C18H25Cl2NO3/c1-5-10-23-18(13-6-7-14(19)15(20)11-13)8-9-21(12-18)16(22)24-17(2,3)4/h6-7,11H,5,8-10,12H2,1-4H3. The van der Waals surface area contributed by atoms with Crippen molar-refractivity contribution < 1.29 is 14.3 Å². The molecule has 0 aromatic heterocycles. The van der Waals surface area contributed by atoms with E-state index in [0.29, 0.717) is 36.2 Å². The van der Waals surface area contributed by atoms with Gasteiger partial charge in [-0.05, 0) is 44.9 Å². The molecule has 1 unspecified atom stereocenters. The monoisotopic (exact) mass is 373 g/mol. The molecule has 0 aliphatic carbocycles. The number of rotatable bonds is 4. The Hall–Kier alpha value is -0.970. The van der Waals surface area contributed by atoms with Crippen LogP contribution in [0.3, 0.4) is 0 Å². The molecule has 4 nitrogen and oxygen atoms in total. The summed E-state index contributed by atoms with van der Waals surface area (Å²) in [5.41, 5.74) is -0.145. The minimum absolute atomic E-state index is 0.315. The first-order valence-corrected chi connectivity index (χ1v) is 9.00. The van der Waals surface area contributed by atoms with Gasteiger partial charge in [0.2, 0.25) is 0 Å². The fraction of sp³-hybridized carbons (Fsp3) is 0.611. The van der Waals surface area contributed by atoms with Crippen molar-refractivity contribution in [3.63, 3.8) is 0 Å². The maximum atomic E-state index is 12.4. The molecule has 0 radical (unpaired) electrons. The number of hydrogen-bond donors (Lipinski definition) is 0. The molecule has 24 heavy (non-hydrogen) atoms. The summed E-state index contributed by atoms with van der Waals surface area (Å²) < 4.78 is 11.7. The van der Waals surface area contributed by atoms with E-state index in [1.807, 2.05) is 32.9 Å². The molecular weight excluding hydrogens is 349 g/mol. The molecule has 1 heterocycles. The Kier molecular flexibility index (Phi) is 6.05. The first-order chi connectivity index (χ1) is 11.2. The van der Waals surface area contributed by atoms with Crippen molar-refractivity contribution in [2.75, 3.05) is 19.7 Å². The zero-order valence-corrected chi connectivity index (χ0v) is 16.2. The molecule has 1 aromatic rings. The molecule has 1 fully saturated rings. The van der Waals surface area contributed by atoms with Gasteiger partial charge in [-0.1, -0.05) is 36.2 Å². The molecule has 1 atom stereocenters. The van der Waals surface area contributed by atoms with Gasteiger partial charge in [-0.25, -0.2) is 4.79 Å². The molecule has 1 amide bonds. The van der Waals surface area contributed by atoms with Crippen molar-refractivity contribution >= 4 is 29.3 Å². The Morgan fingerprint density at radius 2 is 2.00 bits per heavy atom. The van der Waals surface area contributed by atoms with E-state index in [9.17, 15) is 4.79 Å². The van der Waals surface area contributed by atoms with Crippen molar-refractivity contribution in [3.05, 3.63) is 33.8 Å². The molecule has 2 rings (SSSR count). The highest BCUT2D eigenvalue weighted by Crippen LogP contribution is 2.39. The molecule has 1 saturated heterocycles. The van der Waals surface area contributed by atoms with Crippen molar-refractivity contribution in [1.82, 2.24) is 4.90 Å². The van der Waals surface area contributed by atoms with Gasteiger partial charge in [-0.3, -0.25) is 0 Å². The Labute approximate surface area is 154 Å². The van der Waals surface area contributed by atoms with Gasteiger partial charge in [0, 0.05) is 19.6 Å². The van der Waals surface area contributed by atoms with Crippen LogP contribution in [0, 0.1) is 0 Å². The average molecular weight is 374 g/mol. The quantitative estimate of drug-likeness (QED) is 0.722. The lowest BCUT2D eigenvalue weighted by molar-refractivity contribution is -0.0444. The molecule has 1 aliphatic heterocycles. The van der Waals surface area contributed by atoms with Crippen LogP contribution in [0.2, 0.25) is 10.0 Å². The lowest BCUT2D eigenvalue weighted by atomic mass is 9.92. The van der Waals surface area contributed by atoms with Gasteiger partial charge >= 0.3 is 6.09 Å². The first-order valence-electron chi connectivity index (χ1n) is 8.24. The fourth-order valence-electron chi connectivity index (χ4n) is 2.78. The molecule has 1 aromatic carbocycles. The summed E-state index contributed by atoms with van der Waals surface area (Å²) in [7, 11) is 0. The van der Waals surface area contributed by atoms with E-state index in [1.54, 1.807) is 11.0 Å². The lowest BCUT2D eigenvalue weighted by Crippen LogP contribution is -2.39. The summed E-state index contributed by atoms with van der Waals surface area (Å²) in [5, 5.41) is 0.998. The Bertz CT molecular complexity index is 600. The van der Waals surface area contributed by atoms with Crippen LogP contribution in [-0.2, 0) is 15.1 Å². The molecule has 0 bridgehead atoms. The highest BCUT2D eigenvalue weighted by Gasteiger charge is 2.43. The highest BCUT2D eigenvalue weighted by molar-refractivity contribution is 6.42. The minimum atomic E-state index is -0.568. The fourth-order valence-corrected chi connectivity index (χ4v) is 3.08. The number of halogens is 2. The summed E-state index contributed by atoms with van der Waals surface area (Å²) in [5.74, 6) is 0. The van der Waals surface area contributed by atoms with Crippen LogP contribution >= 0.6 is 23.2 Å². The van der Waals surface area contributed by atoms with Gasteiger partial charge < -0.3 is 14.4 Å². The summed E-state index contributed by atoms with van der Waals surface area (Å²) >= 11 is 12.2. The maximum Gasteiger partial charge on any atom is 0.410 e. The second-order valence-electron chi connectivity index (χ2n) is 7.12. The van der Waals surface area contributed by atoms with Gasteiger partial charge in [-0.15, -0.1) is 0 Å². The largest absolute Gasteiger partial charge is 0.444 e. The lowest BCUT2D eigenvalue weighted by Gasteiger charge is -2.31. The zero-order chi connectivity index (χ0) is 18.0. The van der Waals surface area contributed by atoms with Crippen LogP contribution in [0.4, 0.5) is 4.79 Å².